The number of nitrogens with zero attached hydrogens (tertiary/aromatic N) is 1. The zero-order valence-corrected chi connectivity index (χ0v) is 9.48. The first kappa shape index (κ1) is 10.8. The van der Waals surface area contributed by atoms with Gasteiger partial charge in [0.25, 0.3) is 0 Å². The van der Waals surface area contributed by atoms with Gasteiger partial charge in [-0.15, -0.1) is 0 Å². The molecule has 0 aromatic carbocycles. The lowest BCUT2D eigenvalue weighted by molar-refractivity contribution is -0.112. The van der Waals surface area contributed by atoms with Crippen molar-refractivity contribution in [2.24, 2.45) is 11.8 Å². The topological polar surface area (TPSA) is 29.5 Å². The number of hydrogen-bond acceptors (Lipinski definition) is 3. The average molecular weight is 209 g/mol. The van der Waals surface area contributed by atoms with E-state index in [0.29, 0.717) is 6.04 Å². The van der Waals surface area contributed by atoms with Gasteiger partial charge >= 0.3 is 0 Å². The fraction of sp³-hybridized carbons (Fsp3) is 0.750. The smallest absolute Gasteiger partial charge is 0.152 e. The first-order valence-corrected chi connectivity index (χ1v) is 5.67. The lowest BCUT2D eigenvalue weighted by Crippen LogP contribution is -2.31. The first-order valence-electron chi connectivity index (χ1n) is 5.67. The van der Waals surface area contributed by atoms with Gasteiger partial charge in [-0.1, -0.05) is 6.08 Å². The van der Waals surface area contributed by atoms with Gasteiger partial charge in [0, 0.05) is 31.0 Å². The highest BCUT2D eigenvalue weighted by Crippen LogP contribution is 2.30. The second-order valence-corrected chi connectivity index (χ2v) is 4.72. The van der Waals surface area contributed by atoms with Crippen LogP contribution in [0.1, 0.15) is 13.8 Å². The van der Waals surface area contributed by atoms with Crippen LogP contribution < -0.4 is 0 Å². The Hall–Kier alpha value is -0.670. The largest absolute Gasteiger partial charge is 0.381 e. The molecule has 2 saturated heterocycles. The number of ketones is 1. The number of hydrogen-bond donors (Lipinski definition) is 0. The summed E-state index contributed by atoms with van der Waals surface area (Å²) < 4.78 is 5.44. The fourth-order valence-electron chi connectivity index (χ4n) is 2.45. The van der Waals surface area contributed by atoms with Crippen molar-refractivity contribution in [3.05, 3.63) is 12.2 Å². The van der Waals surface area contributed by atoms with E-state index in [0.717, 1.165) is 38.1 Å². The number of carbonyl (C=O) groups excluding carboxylic acids is 1. The molecule has 2 aliphatic heterocycles. The molecule has 2 heterocycles. The van der Waals surface area contributed by atoms with E-state index in [1.54, 1.807) is 13.0 Å². The van der Waals surface area contributed by atoms with Crippen molar-refractivity contribution >= 4 is 5.78 Å². The molecule has 0 spiro atoms. The SMILES string of the molecule is CC(=O)/C=C/C(C)N1CC2COCC2C1. The highest BCUT2D eigenvalue weighted by atomic mass is 16.5. The number of ether oxygens (including phenoxy) is 1. The minimum absolute atomic E-state index is 0.129. The highest BCUT2D eigenvalue weighted by molar-refractivity contribution is 5.87. The van der Waals surface area contributed by atoms with Crippen molar-refractivity contribution in [1.82, 2.24) is 4.90 Å². The normalized spacial score (nSPS) is 33.5. The monoisotopic (exact) mass is 209 g/mol. The first-order chi connectivity index (χ1) is 7.16. The molecule has 3 nitrogen and oxygen atoms in total. The Morgan fingerprint density at radius 2 is 2.00 bits per heavy atom. The maximum Gasteiger partial charge on any atom is 0.152 e. The fourth-order valence-corrected chi connectivity index (χ4v) is 2.45. The van der Waals surface area contributed by atoms with Crippen LogP contribution in [0.4, 0.5) is 0 Å². The number of allylic oxidation sites excluding steroid dienone is 1. The molecule has 3 unspecified atom stereocenters. The molecule has 0 amide bonds. The number of fused-ring (bicyclic) bond motifs is 1. The molecule has 2 fully saturated rings. The summed E-state index contributed by atoms with van der Waals surface area (Å²) in [4.78, 5) is 13.3. The average Bonchev–Trinajstić information content (AvgIpc) is 2.72. The molecule has 2 rings (SSSR count). The second-order valence-electron chi connectivity index (χ2n) is 4.72. The molecule has 0 N–H and O–H groups in total. The van der Waals surface area contributed by atoms with Crippen LogP contribution in [0.2, 0.25) is 0 Å². The Balaban J connectivity index is 1.87. The molecular formula is C12H19NO2. The van der Waals surface area contributed by atoms with Crippen LogP contribution in [0.25, 0.3) is 0 Å². The predicted molar refractivity (Wildman–Crippen MR) is 58.7 cm³/mol. The Labute approximate surface area is 91.1 Å². The number of likely N-dealkylation sites (tertiary alicyclic amines) is 1. The maximum atomic E-state index is 10.8. The summed E-state index contributed by atoms with van der Waals surface area (Å²) in [6.45, 7) is 7.83. The van der Waals surface area contributed by atoms with Crippen LogP contribution in [0.3, 0.4) is 0 Å². The molecule has 0 aromatic heterocycles. The van der Waals surface area contributed by atoms with Crippen LogP contribution in [0, 0.1) is 11.8 Å². The molecule has 0 radical (unpaired) electrons. The van der Waals surface area contributed by atoms with Gasteiger partial charge in [-0.3, -0.25) is 9.69 Å². The van der Waals surface area contributed by atoms with Crippen LogP contribution >= 0.6 is 0 Å². The van der Waals surface area contributed by atoms with Gasteiger partial charge in [-0.25, -0.2) is 0 Å². The van der Waals surface area contributed by atoms with E-state index >= 15 is 0 Å². The van der Waals surface area contributed by atoms with Crippen molar-refractivity contribution < 1.29 is 9.53 Å². The zero-order chi connectivity index (χ0) is 10.8. The molecule has 84 valence electrons. The van der Waals surface area contributed by atoms with Crippen molar-refractivity contribution in [3.63, 3.8) is 0 Å². The zero-order valence-electron chi connectivity index (χ0n) is 9.48. The molecule has 0 saturated carbocycles. The summed E-state index contributed by atoms with van der Waals surface area (Å²) >= 11 is 0. The molecule has 15 heavy (non-hydrogen) atoms. The van der Waals surface area contributed by atoms with Crippen molar-refractivity contribution in [3.8, 4) is 0 Å². The van der Waals surface area contributed by atoms with Crippen molar-refractivity contribution in [2.45, 2.75) is 19.9 Å². The van der Waals surface area contributed by atoms with Gasteiger partial charge in [0.05, 0.1) is 13.2 Å². The lowest BCUT2D eigenvalue weighted by Gasteiger charge is -2.22. The number of carbonyl (C=O) groups is 1. The second kappa shape index (κ2) is 4.45. The summed E-state index contributed by atoms with van der Waals surface area (Å²) in [6, 6.07) is 0.375. The van der Waals surface area contributed by atoms with Gasteiger partial charge in [0.2, 0.25) is 0 Å². The Bertz CT molecular complexity index is 263. The number of rotatable bonds is 3. The molecule has 3 atom stereocenters. The van der Waals surface area contributed by atoms with Gasteiger partial charge < -0.3 is 4.74 Å². The Kier molecular flexibility index (Phi) is 3.22. The third-order valence-corrected chi connectivity index (χ3v) is 3.45. The summed E-state index contributed by atoms with van der Waals surface area (Å²) in [5, 5.41) is 0. The third kappa shape index (κ3) is 2.47. The Morgan fingerprint density at radius 3 is 2.53 bits per heavy atom. The lowest BCUT2D eigenvalue weighted by atomic mass is 10.0. The van der Waals surface area contributed by atoms with Gasteiger partial charge in [-0.2, -0.15) is 0 Å². The molecule has 0 bridgehead atoms. The molecule has 3 heteroatoms. The van der Waals surface area contributed by atoms with Gasteiger partial charge in [0.15, 0.2) is 5.78 Å². The van der Waals surface area contributed by atoms with E-state index < -0.39 is 0 Å². The Morgan fingerprint density at radius 1 is 1.40 bits per heavy atom. The van der Waals surface area contributed by atoms with E-state index in [1.165, 1.54) is 0 Å². The summed E-state index contributed by atoms with van der Waals surface area (Å²) in [5.41, 5.74) is 0. The van der Waals surface area contributed by atoms with E-state index in [1.807, 2.05) is 6.08 Å². The highest BCUT2D eigenvalue weighted by Gasteiger charge is 2.37. The minimum atomic E-state index is 0.129. The van der Waals surface area contributed by atoms with Gasteiger partial charge in [0.1, 0.15) is 0 Å². The van der Waals surface area contributed by atoms with Crippen LogP contribution in [0.15, 0.2) is 12.2 Å². The summed E-state index contributed by atoms with van der Waals surface area (Å²) in [5.74, 6) is 1.57. The van der Waals surface area contributed by atoms with E-state index in [4.69, 9.17) is 4.74 Å². The van der Waals surface area contributed by atoms with E-state index in [-0.39, 0.29) is 5.78 Å². The predicted octanol–water partition coefficient (Wildman–Crippen LogP) is 1.10. The quantitative estimate of drug-likeness (QED) is 0.652. The summed E-state index contributed by atoms with van der Waals surface area (Å²) in [7, 11) is 0. The summed E-state index contributed by atoms with van der Waals surface area (Å²) in [6.07, 6.45) is 3.68. The molecule has 0 aromatic rings. The van der Waals surface area contributed by atoms with Crippen molar-refractivity contribution in [2.75, 3.05) is 26.3 Å². The minimum Gasteiger partial charge on any atom is -0.381 e. The molecule has 0 aliphatic carbocycles. The third-order valence-electron chi connectivity index (χ3n) is 3.45. The van der Waals surface area contributed by atoms with Crippen LogP contribution in [-0.4, -0.2) is 43.0 Å². The van der Waals surface area contributed by atoms with E-state index in [9.17, 15) is 4.79 Å². The van der Waals surface area contributed by atoms with Crippen LogP contribution in [0.5, 0.6) is 0 Å². The van der Waals surface area contributed by atoms with Crippen LogP contribution in [-0.2, 0) is 9.53 Å². The molecule has 2 aliphatic rings. The van der Waals surface area contributed by atoms with Gasteiger partial charge in [-0.05, 0) is 19.9 Å². The van der Waals surface area contributed by atoms with Crippen molar-refractivity contribution in [1.29, 1.82) is 0 Å². The molecular weight excluding hydrogens is 190 g/mol. The standard InChI is InChI=1S/C12H19NO2/c1-9(3-4-10(2)14)13-5-11-7-15-8-12(11)6-13/h3-4,9,11-12H,5-8H2,1-2H3/b4-3+. The van der Waals surface area contributed by atoms with E-state index in [2.05, 4.69) is 11.8 Å². The maximum absolute atomic E-state index is 10.8.